The average molecular weight is 1260 g/mol. The van der Waals surface area contributed by atoms with Crippen molar-refractivity contribution in [2.45, 2.75) is 165 Å². The standard InChI is InChI=1S/C50H74N14O24/c1-19(54-45(83)30(16-36(74)75)61-43(81)26(10-12-33(51)70)58-50(88)38(21(3)66)56-23(5)68)41(79)57-27(11-13-35(72)73)44(82)62-31(17-37(76)77)46(84)60-29(15-34(52)71)47(85)64-39(22(4)67)49(87)55-20(2)42(80)63-32(18-65)48(86)59-28(40(53)78)14-24-6-8-25(69)9-7-24/h6-9,19-22,26-32,38-39,65-67,69H,10-18H2,1-5H3,(H2,51,70)(H2,52,71)(H2,53,78)(H,54,83)(H,55,87)(H,56,68)(H,57,79)(H,58,88)(H,59,86)(H,60,84)(H,61,81)(H,62,82)(H,63,80)(H,64,85)(H,72,73)(H,74,75)(H,76,77)/t19-,20-,21+,22+,26-,27-,28-,29-,30-,31-,32-,38-,39-/m0/s1. The predicted molar refractivity (Wildman–Crippen MR) is 293 cm³/mol. The Morgan fingerprint density at radius 1 is 0.409 bits per heavy atom. The summed E-state index contributed by atoms with van der Waals surface area (Å²) >= 11 is 0. The number of aliphatic hydroxyl groups is 3. The van der Waals surface area contributed by atoms with Crippen molar-refractivity contribution in [2.24, 2.45) is 17.2 Å². The van der Waals surface area contributed by atoms with E-state index in [1.54, 1.807) is 0 Å². The first-order chi connectivity index (χ1) is 40.9. The fourth-order valence-electron chi connectivity index (χ4n) is 7.53. The van der Waals surface area contributed by atoms with E-state index < -0.39 is 231 Å². The molecule has 1 aromatic rings. The Kier molecular flexibility index (Phi) is 31.6. The van der Waals surface area contributed by atoms with Crippen LogP contribution in [-0.4, -0.2) is 222 Å². The van der Waals surface area contributed by atoms with Gasteiger partial charge in [-0.05, 0) is 58.2 Å². The molecule has 24 N–H and O–H groups in total. The number of nitrogens with one attached hydrogen (secondary N) is 11. The molecular formula is C50H74N14O24. The Bertz CT molecular complexity index is 2760. The molecule has 0 fully saturated rings. The quantitative estimate of drug-likeness (QED) is 0.0291. The van der Waals surface area contributed by atoms with Crippen molar-refractivity contribution in [3.05, 3.63) is 29.8 Å². The summed E-state index contributed by atoms with van der Waals surface area (Å²) in [5.74, 6) is -22.6. The third kappa shape index (κ3) is 27.7. The van der Waals surface area contributed by atoms with E-state index >= 15 is 0 Å². The monoisotopic (exact) mass is 1250 g/mol. The zero-order valence-electron chi connectivity index (χ0n) is 48.0. The number of carboxylic acid groups (broad SMARTS) is 3. The van der Waals surface area contributed by atoms with Gasteiger partial charge in [0, 0.05) is 26.2 Å². The molecule has 0 spiro atoms. The van der Waals surface area contributed by atoms with Gasteiger partial charge in [0.05, 0.1) is 38.1 Å². The van der Waals surface area contributed by atoms with Crippen LogP contribution in [0.15, 0.2) is 24.3 Å². The van der Waals surface area contributed by atoms with Crippen molar-refractivity contribution in [1.29, 1.82) is 0 Å². The van der Waals surface area contributed by atoms with Crippen LogP contribution in [0, 0.1) is 0 Å². The minimum Gasteiger partial charge on any atom is -0.508 e. The van der Waals surface area contributed by atoms with Gasteiger partial charge < -0.3 is 111 Å². The maximum absolute atomic E-state index is 13.7. The van der Waals surface area contributed by atoms with E-state index in [4.69, 9.17) is 17.2 Å². The molecular weight excluding hydrogens is 1180 g/mol. The summed E-state index contributed by atoms with van der Waals surface area (Å²) in [6, 6.07) is -15.1. The van der Waals surface area contributed by atoms with Crippen molar-refractivity contribution in [2.75, 3.05) is 6.61 Å². The van der Waals surface area contributed by atoms with E-state index in [1.165, 1.54) is 24.3 Å². The average Bonchev–Trinajstić information content (AvgIpc) is 3.44. The van der Waals surface area contributed by atoms with Crippen LogP contribution >= 0.6 is 0 Å². The fourth-order valence-corrected chi connectivity index (χ4v) is 7.53. The van der Waals surface area contributed by atoms with Gasteiger partial charge in [-0.1, -0.05) is 12.1 Å². The molecule has 0 saturated carbocycles. The summed E-state index contributed by atoms with van der Waals surface area (Å²) in [6.07, 6.45) is -10.1. The minimum absolute atomic E-state index is 0.0957. The third-order valence-electron chi connectivity index (χ3n) is 12.2. The summed E-state index contributed by atoms with van der Waals surface area (Å²) in [7, 11) is 0. The lowest BCUT2D eigenvalue weighted by atomic mass is 10.0. The summed E-state index contributed by atoms with van der Waals surface area (Å²) < 4.78 is 0. The number of nitrogens with two attached hydrogens (primary N) is 3. The van der Waals surface area contributed by atoms with Crippen molar-refractivity contribution >= 4 is 101 Å². The lowest BCUT2D eigenvalue weighted by molar-refractivity contribution is -0.142. The maximum atomic E-state index is 13.7. The molecule has 0 aliphatic carbocycles. The number of hydrogen-bond acceptors (Lipinski definition) is 21. The maximum Gasteiger partial charge on any atom is 0.305 e. The van der Waals surface area contributed by atoms with Crippen molar-refractivity contribution in [3.8, 4) is 5.75 Å². The smallest absolute Gasteiger partial charge is 0.305 e. The number of phenols is 1. The van der Waals surface area contributed by atoms with Gasteiger partial charge in [-0.25, -0.2) is 0 Å². The highest BCUT2D eigenvalue weighted by Crippen LogP contribution is 2.12. The number of aliphatic carboxylic acids is 3. The molecule has 0 saturated heterocycles. The van der Waals surface area contributed by atoms with Gasteiger partial charge in [0.25, 0.3) is 0 Å². The van der Waals surface area contributed by atoms with Crippen molar-refractivity contribution in [3.63, 3.8) is 0 Å². The molecule has 14 amide bonds. The number of phenolic OH excluding ortho intramolecular Hbond substituents is 1. The molecule has 13 atom stereocenters. The van der Waals surface area contributed by atoms with E-state index in [0.29, 0.717) is 5.56 Å². The van der Waals surface area contributed by atoms with Gasteiger partial charge in [0.2, 0.25) is 82.7 Å². The van der Waals surface area contributed by atoms with Crippen molar-refractivity contribution < 1.29 is 117 Å². The molecule has 488 valence electrons. The molecule has 0 aliphatic heterocycles. The Morgan fingerprint density at radius 3 is 1.17 bits per heavy atom. The number of carbonyl (C=O) groups excluding carboxylic acids is 14. The summed E-state index contributed by atoms with van der Waals surface area (Å²) in [4.78, 5) is 217. The molecule has 1 aromatic carbocycles. The number of rotatable bonds is 39. The largest absolute Gasteiger partial charge is 0.508 e. The molecule has 0 aromatic heterocycles. The number of aliphatic hydroxyl groups excluding tert-OH is 3. The van der Waals surface area contributed by atoms with Crippen LogP contribution in [0.5, 0.6) is 5.75 Å². The van der Waals surface area contributed by atoms with Crippen LogP contribution in [-0.2, 0) is 87.9 Å². The minimum atomic E-state index is -2.27. The van der Waals surface area contributed by atoms with Crippen LogP contribution in [0.1, 0.15) is 85.1 Å². The first-order valence-electron chi connectivity index (χ1n) is 26.4. The topological polar surface area (TPSA) is 642 Å². The molecule has 0 radical (unpaired) electrons. The Balaban J connectivity index is 3.33. The number of benzene rings is 1. The number of amides is 14. The first-order valence-corrected chi connectivity index (χ1v) is 26.4. The Labute approximate surface area is 499 Å². The van der Waals surface area contributed by atoms with Crippen LogP contribution in [0.2, 0.25) is 0 Å². The lowest BCUT2D eigenvalue weighted by Crippen LogP contribution is -2.62. The molecule has 88 heavy (non-hydrogen) atoms. The highest BCUT2D eigenvalue weighted by atomic mass is 16.4. The van der Waals surface area contributed by atoms with E-state index in [0.717, 1.165) is 34.6 Å². The van der Waals surface area contributed by atoms with Crippen molar-refractivity contribution in [1.82, 2.24) is 58.5 Å². The predicted octanol–water partition coefficient (Wildman–Crippen LogP) is -10.5. The van der Waals surface area contributed by atoms with Crippen LogP contribution in [0.3, 0.4) is 0 Å². The van der Waals surface area contributed by atoms with Gasteiger partial charge >= 0.3 is 17.9 Å². The van der Waals surface area contributed by atoms with E-state index in [1.807, 2.05) is 21.3 Å². The molecule has 0 bridgehead atoms. The number of hydrogen-bond donors (Lipinski definition) is 21. The second-order valence-corrected chi connectivity index (χ2v) is 19.8. The molecule has 0 aliphatic rings. The lowest BCUT2D eigenvalue weighted by Gasteiger charge is -2.27. The second-order valence-electron chi connectivity index (χ2n) is 19.8. The van der Waals surface area contributed by atoms with E-state index in [9.17, 15) is 117 Å². The highest BCUT2D eigenvalue weighted by Gasteiger charge is 2.38. The summed E-state index contributed by atoms with van der Waals surface area (Å²) in [5.41, 5.74) is 16.3. The molecule has 1 rings (SSSR count). The van der Waals surface area contributed by atoms with Crippen LogP contribution in [0.4, 0.5) is 0 Å². The van der Waals surface area contributed by atoms with E-state index in [2.05, 4.69) is 37.2 Å². The zero-order valence-corrected chi connectivity index (χ0v) is 48.0. The number of aromatic hydroxyl groups is 1. The number of primary amides is 3. The molecule has 38 heteroatoms. The number of carbonyl (C=O) groups is 17. The summed E-state index contributed by atoms with van der Waals surface area (Å²) in [6.45, 7) is 4.03. The van der Waals surface area contributed by atoms with Gasteiger partial charge in [-0.15, -0.1) is 0 Å². The number of carboxylic acids is 3. The van der Waals surface area contributed by atoms with Gasteiger partial charge in [0.1, 0.15) is 72.2 Å². The zero-order chi connectivity index (χ0) is 67.4. The third-order valence-corrected chi connectivity index (χ3v) is 12.2. The Hall–Kier alpha value is -10.1. The second kappa shape index (κ2) is 36.7. The van der Waals surface area contributed by atoms with E-state index in [-0.39, 0.29) is 12.2 Å². The van der Waals surface area contributed by atoms with Crippen LogP contribution in [0.25, 0.3) is 0 Å². The van der Waals surface area contributed by atoms with Gasteiger partial charge in [-0.2, -0.15) is 0 Å². The highest BCUT2D eigenvalue weighted by molar-refractivity contribution is 6.01. The van der Waals surface area contributed by atoms with Crippen LogP contribution < -0.4 is 75.7 Å². The first kappa shape index (κ1) is 75.9. The normalized spacial score (nSPS) is 15.3. The Morgan fingerprint density at radius 2 is 0.761 bits per heavy atom. The SMILES string of the molecule is CC(=O)N[C@H](C(=O)N[C@@H](CCC(N)=O)C(=O)N[C@@H](CC(=O)O)C(=O)N[C@@H](C)C(=O)N[C@@H](CCC(=O)O)C(=O)N[C@@H](CC(=O)O)C(=O)N[C@@H](CC(N)=O)C(=O)N[C@H](C(=O)N[C@@H](C)C(=O)N[C@@H](CO)C(=O)N[C@@H](Cc1ccc(O)cc1)C(N)=O)[C@@H](C)O)[C@@H](C)O. The van der Waals surface area contributed by atoms with Gasteiger partial charge in [0.15, 0.2) is 0 Å². The molecule has 0 unspecified atom stereocenters. The molecule has 0 heterocycles. The summed E-state index contributed by atoms with van der Waals surface area (Å²) in [5, 5.41) is 91.6. The molecule has 38 nitrogen and oxygen atoms in total. The fraction of sp³-hybridized carbons (Fsp3) is 0.540. The van der Waals surface area contributed by atoms with Gasteiger partial charge in [-0.3, -0.25) is 81.5 Å².